The number of sulfonamides is 1. The summed E-state index contributed by atoms with van der Waals surface area (Å²) < 4.78 is 26.2. The Morgan fingerprint density at radius 3 is 2.48 bits per heavy atom. The van der Waals surface area contributed by atoms with Gasteiger partial charge in [0.25, 0.3) is 0 Å². The minimum atomic E-state index is -3.83. The molecule has 1 aromatic carbocycles. The van der Waals surface area contributed by atoms with E-state index in [1.807, 2.05) is 0 Å². The number of rotatable bonds is 5. The molecular weight excluding hydrogens is 290 g/mol. The Balaban J connectivity index is 2.08. The number of aromatic nitrogens is 1. The molecule has 21 heavy (non-hydrogen) atoms. The summed E-state index contributed by atoms with van der Waals surface area (Å²) in [5.74, 6) is -0.333. The molecule has 0 bridgehead atoms. The summed E-state index contributed by atoms with van der Waals surface area (Å²) in [5.41, 5.74) is 0.549. The van der Waals surface area contributed by atoms with Crippen molar-refractivity contribution in [1.82, 2.24) is 9.71 Å². The zero-order valence-electron chi connectivity index (χ0n) is 10.9. The quantitative estimate of drug-likeness (QED) is 0.834. The average Bonchev–Trinajstić information content (AvgIpc) is 2.53. The Morgan fingerprint density at radius 1 is 1.19 bits per heavy atom. The third kappa shape index (κ3) is 3.72. The molecule has 0 radical (unpaired) electrons. The number of pyridine rings is 1. The first-order valence-corrected chi connectivity index (χ1v) is 7.45. The van der Waals surface area contributed by atoms with Crippen LogP contribution < -0.4 is 4.72 Å². The van der Waals surface area contributed by atoms with Gasteiger partial charge in [0, 0.05) is 11.8 Å². The van der Waals surface area contributed by atoms with E-state index in [0.29, 0.717) is 5.56 Å². The fourth-order valence-electron chi connectivity index (χ4n) is 1.58. The van der Waals surface area contributed by atoms with Crippen molar-refractivity contribution in [2.75, 3.05) is 6.54 Å². The molecule has 0 aliphatic carbocycles. The van der Waals surface area contributed by atoms with Gasteiger partial charge in [0.1, 0.15) is 16.7 Å². The van der Waals surface area contributed by atoms with E-state index in [1.54, 1.807) is 36.4 Å². The first-order valence-electron chi connectivity index (χ1n) is 5.97. The van der Waals surface area contributed by atoms with Crippen LogP contribution in [0.15, 0.2) is 53.6 Å². The SMILES string of the molecule is N#Cc1ccc(S(=O)(=O)NCC(=O)c2ccccc2)cn1. The van der Waals surface area contributed by atoms with E-state index >= 15 is 0 Å². The van der Waals surface area contributed by atoms with Crippen LogP contribution in [-0.4, -0.2) is 25.7 Å². The van der Waals surface area contributed by atoms with Gasteiger partial charge in [-0.05, 0) is 12.1 Å². The highest BCUT2D eigenvalue weighted by molar-refractivity contribution is 7.89. The van der Waals surface area contributed by atoms with Crippen molar-refractivity contribution >= 4 is 15.8 Å². The van der Waals surface area contributed by atoms with Gasteiger partial charge in [-0.3, -0.25) is 4.79 Å². The molecule has 6 nitrogen and oxygen atoms in total. The summed E-state index contributed by atoms with van der Waals surface area (Å²) in [4.78, 5) is 15.4. The molecule has 7 heteroatoms. The number of ketones is 1. The van der Waals surface area contributed by atoms with Crippen LogP contribution in [0.25, 0.3) is 0 Å². The van der Waals surface area contributed by atoms with Crippen molar-refractivity contribution in [2.24, 2.45) is 0 Å². The topological polar surface area (TPSA) is 99.9 Å². The highest BCUT2D eigenvalue weighted by atomic mass is 32.2. The molecule has 2 aromatic rings. The summed E-state index contributed by atoms with van der Waals surface area (Å²) in [6.45, 7) is -0.341. The van der Waals surface area contributed by atoms with Gasteiger partial charge < -0.3 is 0 Å². The molecule has 2 rings (SSSR count). The van der Waals surface area contributed by atoms with Crippen molar-refractivity contribution < 1.29 is 13.2 Å². The maximum absolute atomic E-state index is 12.0. The van der Waals surface area contributed by atoms with Crippen LogP contribution in [0, 0.1) is 11.3 Å². The molecule has 0 unspecified atom stereocenters. The normalized spacial score (nSPS) is 10.8. The van der Waals surface area contributed by atoms with Crippen LogP contribution in [0.2, 0.25) is 0 Å². The number of nitrogens with zero attached hydrogens (tertiary/aromatic N) is 2. The zero-order valence-corrected chi connectivity index (χ0v) is 11.7. The molecule has 0 fully saturated rings. The fraction of sp³-hybridized carbons (Fsp3) is 0.0714. The van der Waals surface area contributed by atoms with E-state index < -0.39 is 10.0 Å². The van der Waals surface area contributed by atoms with Crippen LogP contribution >= 0.6 is 0 Å². The van der Waals surface area contributed by atoms with Gasteiger partial charge in [0.05, 0.1) is 6.54 Å². The van der Waals surface area contributed by atoms with Gasteiger partial charge in [0.2, 0.25) is 10.0 Å². The lowest BCUT2D eigenvalue weighted by Crippen LogP contribution is -2.29. The largest absolute Gasteiger partial charge is 0.293 e. The van der Waals surface area contributed by atoms with Gasteiger partial charge in [-0.1, -0.05) is 30.3 Å². The first kappa shape index (κ1) is 14.8. The minimum absolute atomic E-state index is 0.0950. The van der Waals surface area contributed by atoms with Crippen molar-refractivity contribution in [1.29, 1.82) is 5.26 Å². The van der Waals surface area contributed by atoms with Crippen molar-refractivity contribution in [3.05, 3.63) is 59.9 Å². The molecule has 0 amide bonds. The minimum Gasteiger partial charge on any atom is -0.293 e. The van der Waals surface area contributed by atoms with Crippen LogP contribution in [0.5, 0.6) is 0 Å². The Kier molecular flexibility index (Phi) is 4.42. The molecule has 0 saturated heterocycles. The highest BCUT2D eigenvalue weighted by Gasteiger charge is 2.16. The third-order valence-electron chi connectivity index (χ3n) is 2.68. The second-order valence-electron chi connectivity index (χ2n) is 4.10. The summed E-state index contributed by atoms with van der Waals surface area (Å²) in [5, 5.41) is 8.61. The molecule has 0 aliphatic heterocycles. The number of nitrogens with one attached hydrogen (secondary N) is 1. The monoisotopic (exact) mass is 301 g/mol. The number of carbonyl (C=O) groups is 1. The van der Waals surface area contributed by atoms with Gasteiger partial charge in [-0.25, -0.2) is 18.1 Å². The van der Waals surface area contributed by atoms with E-state index in [9.17, 15) is 13.2 Å². The van der Waals surface area contributed by atoms with Crippen molar-refractivity contribution in [2.45, 2.75) is 4.90 Å². The third-order valence-corrected chi connectivity index (χ3v) is 4.07. The molecule has 0 spiro atoms. The lowest BCUT2D eigenvalue weighted by molar-refractivity contribution is 0.0997. The van der Waals surface area contributed by atoms with E-state index in [4.69, 9.17) is 5.26 Å². The van der Waals surface area contributed by atoms with Gasteiger partial charge in [0.15, 0.2) is 5.78 Å². The highest BCUT2D eigenvalue weighted by Crippen LogP contribution is 2.07. The van der Waals surface area contributed by atoms with Gasteiger partial charge in [-0.2, -0.15) is 5.26 Å². The smallest absolute Gasteiger partial charge is 0.242 e. The van der Waals surface area contributed by atoms with Crippen LogP contribution in [0.4, 0.5) is 0 Å². The lowest BCUT2D eigenvalue weighted by atomic mass is 10.1. The molecule has 1 aromatic heterocycles. The number of hydrogen-bond acceptors (Lipinski definition) is 5. The summed E-state index contributed by atoms with van der Waals surface area (Å²) in [7, 11) is -3.83. The summed E-state index contributed by atoms with van der Waals surface area (Å²) >= 11 is 0. The van der Waals surface area contributed by atoms with Crippen LogP contribution in [-0.2, 0) is 10.0 Å². The van der Waals surface area contributed by atoms with E-state index in [1.165, 1.54) is 12.1 Å². The standard InChI is InChI=1S/C14H11N3O3S/c15-8-12-6-7-13(9-16-12)21(19,20)17-10-14(18)11-4-2-1-3-5-11/h1-7,9,17H,10H2. The molecular formula is C14H11N3O3S. The Hall–Kier alpha value is -2.56. The molecule has 1 heterocycles. The predicted octanol–water partition coefficient (Wildman–Crippen LogP) is 1.11. The predicted molar refractivity (Wildman–Crippen MR) is 74.9 cm³/mol. The zero-order chi connectivity index (χ0) is 15.3. The Bertz CT molecular complexity index is 778. The van der Waals surface area contributed by atoms with Crippen molar-refractivity contribution in [3.8, 4) is 6.07 Å². The average molecular weight is 301 g/mol. The maximum atomic E-state index is 12.0. The Labute approximate surface area is 122 Å². The van der Waals surface area contributed by atoms with Crippen LogP contribution in [0.1, 0.15) is 16.1 Å². The first-order chi connectivity index (χ1) is 10.0. The molecule has 1 N–H and O–H groups in total. The number of benzene rings is 1. The molecule has 0 atom stereocenters. The Morgan fingerprint density at radius 2 is 1.90 bits per heavy atom. The second kappa shape index (κ2) is 6.26. The molecule has 0 saturated carbocycles. The number of hydrogen-bond donors (Lipinski definition) is 1. The maximum Gasteiger partial charge on any atom is 0.242 e. The summed E-state index contributed by atoms with van der Waals surface area (Å²) in [6.07, 6.45) is 1.08. The van der Waals surface area contributed by atoms with E-state index in [2.05, 4.69) is 9.71 Å². The second-order valence-corrected chi connectivity index (χ2v) is 5.87. The number of nitriles is 1. The number of carbonyl (C=O) groups excluding carboxylic acids is 1. The molecule has 106 valence electrons. The summed E-state index contributed by atoms with van der Waals surface area (Å²) in [6, 6.07) is 12.8. The van der Waals surface area contributed by atoms with Gasteiger partial charge >= 0.3 is 0 Å². The van der Waals surface area contributed by atoms with E-state index in [0.717, 1.165) is 6.20 Å². The molecule has 0 aliphatic rings. The van der Waals surface area contributed by atoms with E-state index in [-0.39, 0.29) is 22.9 Å². The van der Waals surface area contributed by atoms with Crippen molar-refractivity contribution in [3.63, 3.8) is 0 Å². The fourth-order valence-corrected chi connectivity index (χ4v) is 2.50. The van der Waals surface area contributed by atoms with Gasteiger partial charge in [-0.15, -0.1) is 0 Å². The lowest BCUT2D eigenvalue weighted by Gasteiger charge is -2.06. The number of Topliss-reactive ketones (excluding diaryl/α,β-unsaturated/α-hetero) is 1. The van der Waals surface area contributed by atoms with Crippen LogP contribution in [0.3, 0.4) is 0 Å².